The predicted octanol–water partition coefficient (Wildman–Crippen LogP) is 1.55. The molecule has 0 unspecified atom stereocenters. The van der Waals surface area contributed by atoms with Gasteiger partial charge < -0.3 is 10.4 Å². The highest BCUT2D eigenvalue weighted by Crippen LogP contribution is 2.17. The van der Waals surface area contributed by atoms with Crippen molar-refractivity contribution >= 4 is 23.0 Å². The van der Waals surface area contributed by atoms with Crippen LogP contribution >= 0.6 is 0 Å². The van der Waals surface area contributed by atoms with Crippen molar-refractivity contribution in [3.63, 3.8) is 0 Å². The Bertz CT molecular complexity index is 583. The van der Waals surface area contributed by atoms with Gasteiger partial charge in [-0.2, -0.15) is 0 Å². The number of rotatable bonds is 4. The maximum absolute atomic E-state index is 11.0. The SMILES string of the molecule is CC(C)(CNc1ccc2nccnc2n1)C(=O)O. The second-order valence-corrected chi connectivity index (χ2v) is 4.64. The van der Waals surface area contributed by atoms with Crippen LogP contribution in [-0.4, -0.2) is 32.6 Å². The van der Waals surface area contributed by atoms with Gasteiger partial charge in [0, 0.05) is 18.9 Å². The number of carbonyl (C=O) groups is 1. The smallest absolute Gasteiger partial charge is 0.310 e. The number of fused-ring (bicyclic) bond motifs is 1. The molecule has 94 valence electrons. The third-order valence-electron chi connectivity index (χ3n) is 2.62. The van der Waals surface area contributed by atoms with Crippen molar-refractivity contribution in [3.8, 4) is 0 Å². The van der Waals surface area contributed by atoms with Crippen LogP contribution in [0.25, 0.3) is 11.2 Å². The first kappa shape index (κ1) is 12.2. The first-order chi connectivity index (χ1) is 8.49. The first-order valence-electron chi connectivity index (χ1n) is 5.54. The molecule has 2 heterocycles. The Labute approximate surface area is 104 Å². The van der Waals surface area contributed by atoms with E-state index in [9.17, 15) is 4.79 Å². The lowest BCUT2D eigenvalue weighted by Gasteiger charge is -2.19. The largest absolute Gasteiger partial charge is 0.481 e. The predicted molar refractivity (Wildman–Crippen MR) is 67.2 cm³/mol. The summed E-state index contributed by atoms with van der Waals surface area (Å²) in [6.45, 7) is 3.60. The maximum atomic E-state index is 11.0. The van der Waals surface area contributed by atoms with E-state index < -0.39 is 11.4 Å². The molecule has 0 fully saturated rings. The fourth-order valence-electron chi connectivity index (χ4n) is 1.34. The number of nitrogens with one attached hydrogen (secondary N) is 1. The Kier molecular flexibility index (Phi) is 3.10. The molecule has 18 heavy (non-hydrogen) atoms. The van der Waals surface area contributed by atoms with Gasteiger partial charge in [-0.1, -0.05) is 0 Å². The van der Waals surface area contributed by atoms with Gasteiger partial charge in [0.05, 0.1) is 5.41 Å². The monoisotopic (exact) mass is 246 g/mol. The van der Waals surface area contributed by atoms with E-state index in [1.165, 1.54) is 0 Å². The highest BCUT2D eigenvalue weighted by Gasteiger charge is 2.26. The fourth-order valence-corrected chi connectivity index (χ4v) is 1.34. The Balaban J connectivity index is 2.15. The maximum Gasteiger partial charge on any atom is 0.310 e. The molecule has 0 spiro atoms. The molecular weight excluding hydrogens is 232 g/mol. The van der Waals surface area contributed by atoms with Gasteiger partial charge in [0.2, 0.25) is 0 Å². The average molecular weight is 246 g/mol. The third kappa shape index (κ3) is 2.53. The van der Waals surface area contributed by atoms with Gasteiger partial charge >= 0.3 is 5.97 Å². The van der Waals surface area contributed by atoms with Gasteiger partial charge in [0.15, 0.2) is 5.65 Å². The number of aliphatic carboxylic acids is 1. The number of pyridine rings is 1. The molecule has 0 bridgehead atoms. The molecule has 0 aliphatic heterocycles. The molecule has 2 aromatic heterocycles. The lowest BCUT2D eigenvalue weighted by Crippen LogP contribution is -2.31. The normalized spacial score (nSPS) is 11.4. The van der Waals surface area contributed by atoms with Crippen LogP contribution in [0.5, 0.6) is 0 Å². The molecule has 0 radical (unpaired) electrons. The van der Waals surface area contributed by atoms with Crippen LogP contribution < -0.4 is 5.32 Å². The van der Waals surface area contributed by atoms with Crippen molar-refractivity contribution in [2.24, 2.45) is 5.41 Å². The molecule has 2 aromatic rings. The summed E-state index contributed by atoms with van der Waals surface area (Å²) in [4.78, 5) is 23.4. The van der Waals surface area contributed by atoms with E-state index >= 15 is 0 Å². The number of anilines is 1. The zero-order valence-electron chi connectivity index (χ0n) is 10.2. The van der Waals surface area contributed by atoms with Crippen LogP contribution in [0.2, 0.25) is 0 Å². The van der Waals surface area contributed by atoms with Gasteiger partial charge in [-0.15, -0.1) is 0 Å². The van der Waals surface area contributed by atoms with E-state index in [4.69, 9.17) is 5.11 Å². The van der Waals surface area contributed by atoms with Crippen LogP contribution in [0.3, 0.4) is 0 Å². The van der Waals surface area contributed by atoms with Crippen LogP contribution in [-0.2, 0) is 4.79 Å². The Morgan fingerprint density at radius 1 is 1.33 bits per heavy atom. The van der Waals surface area contributed by atoms with Gasteiger partial charge in [-0.25, -0.2) is 9.97 Å². The summed E-state index contributed by atoms with van der Waals surface area (Å²) < 4.78 is 0. The van der Waals surface area contributed by atoms with Crippen molar-refractivity contribution < 1.29 is 9.90 Å². The molecule has 0 aliphatic rings. The van der Waals surface area contributed by atoms with E-state index in [0.717, 1.165) is 0 Å². The van der Waals surface area contributed by atoms with E-state index in [-0.39, 0.29) is 0 Å². The van der Waals surface area contributed by atoms with Crippen LogP contribution in [0.15, 0.2) is 24.5 Å². The van der Waals surface area contributed by atoms with Crippen LogP contribution in [0.1, 0.15) is 13.8 Å². The zero-order valence-corrected chi connectivity index (χ0v) is 10.2. The van der Waals surface area contributed by atoms with Crippen LogP contribution in [0, 0.1) is 5.41 Å². The molecule has 2 rings (SSSR count). The zero-order chi connectivity index (χ0) is 13.2. The molecule has 2 N–H and O–H groups in total. The number of nitrogens with zero attached hydrogens (tertiary/aromatic N) is 3. The molecule has 0 atom stereocenters. The molecule has 0 aliphatic carbocycles. The summed E-state index contributed by atoms with van der Waals surface area (Å²) in [5, 5.41) is 12.0. The lowest BCUT2D eigenvalue weighted by atomic mass is 9.94. The summed E-state index contributed by atoms with van der Waals surface area (Å²) in [6.07, 6.45) is 3.17. The average Bonchev–Trinajstić information content (AvgIpc) is 2.36. The molecule has 6 nitrogen and oxygen atoms in total. The van der Waals surface area contributed by atoms with Gasteiger partial charge in [-0.05, 0) is 26.0 Å². The van der Waals surface area contributed by atoms with Gasteiger partial charge in [0.25, 0.3) is 0 Å². The molecule has 0 amide bonds. The molecular formula is C12H14N4O2. The standard InChI is InChI=1S/C12H14N4O2/c1-12(2,11(17)18)7-15-9-4-3-8-10(16-9)14-6-5-13-8/h3-6H,7H2,1-2H3,(H,17,18)(H,14,15,16). The van der Waals surface area contributed by atoms with Gasteiger partial charge in [-0.3, -0.25) is 9.78 Å². The Morgan fingerprint density at radius 3 is 2.78 bits per heavy atom. The Morgan fingerprint density at radius 2 is 2.06 bits per heavy atom. The minimum Gasteiger partial charge on any atom is -0.481 e. The summed E-state index contributed by atoms with van der Waals surface area (Å²) in [6, 6.07) is 3.56. The summed E-state index contributed by atoms with van der Waals surface area (Å²) in [7, 11) is 0. The molecule has 6 heteroatoms. The van der Waals surface area contributed by atoms with E-state index in [1.807, 2.05) is 0 Å². The van der Waals surface area contributed by atoms with Gasteiger partial charge in [0.1, 0.15) is 11.3 Å². The van der Waals surface area contributed by atoms with Crippen molar-refractivity contribution in [2.45, 2.75) is 13.8 Å². The second-order valence-electron chi connectivity index (χ2n) is 4.64. The van der Waals surface area contributed by atoms with Crippen molar-refractivity contribution in [3.05, 3.63) is 24.5 Å². The number of hydrogen-bond donors (Lipinski definition) is 2. The number of hydrogen-bond acceptors (Lipinski definition) is 5. The molecule has 0 aromatic carbocycles. The highest BCUT2D eigenvalue weighted by atomic mass is 16.4. The summed E-state index contributed by atoms with van der Waals surface area (Å²) in [5.41, 5.74) is 0.398. The van der Waals surface area contributed by atoms with Crippen LogP contribution in [0.4, 0.5) is 5.82 Å². The van der Waals surface area contributed by atoms with E-state index in [0.29, 0.717) is 23.5 Å². The quantitative estimate of drug-likeness (QED) is 0.850. The topological polar surface area (TPSA) is 88.0 Å². The Hall–Kier alpha value is -2.24. The molecule has 0 saturated carbocycles. The highest BCUT2D eigenvalue weighted by molar-refractivity contribution is 5.75. The van der Waals surface area contributed by atoms with E-state index in [2.05, 4.69) is 20.3 Å². The number of carboxylic acid groups (broad SMARTS) is 1. The lowest BCUT2D eigenvalue weighted by molar-refractivity contribution is -0.146. The van der Waals surface area contributed by atoms with Crippen molar-refractivity contribution in [2.75, 3.05) is 11.9 Å². The third-order valence-corrected chi connectivity index (χ3v) is 2.62. The summed E-state index contributed by atoms with van der Waals surface area (Å²) in [5.74, 6) is -0.257. The van der Waals surface area contributed by atoms with Crippen molar-refractivity contribution in [1.82, 2.24) is 15.0 Å². The van der Waals surface area contributed by atoms with Crippen molar-refractivity contribution in [1.29, 1.82) is 0 Å². The minimum absolute atomic E-state index is 0.293. The number of aromatic nitrogens is 3. The number of carboxylic acids is 1. The fraction of sp³-hybridized carbons (Fsp3) is 0.333. The summed E-state index contributed by atoms with van der Waals surface area (Å²) >= 11 is 0. The van der Waals surface area contributed by atoms with E-state index in [1.54, 1.807) is 38.4 Å². The molecule has 0 saturated heterocycles. The minimum atomic E-state index is -0.851. The second kappa shape index (κ2) is 4.56. The first-order valence-corrected chi connectivity index (χ1v) is 5.54.